The lowest BCUT2D eigenvalue weighted by molar-refractivity contribution is 0.112. The number of carbonyl (C=O) groups is 1. The molecule has 0 radical (unpaired) electrons. The zero-order chi connectivity index (χ0) is 13.3. The molecule has 0 fully saturated rings. The number of hydrogen-bond acceptors (Lipinski definition) is 1. The standard InChI is InChI=1S/C13H6F4O/c14-10-3-1-7(5-8(10)6-18)9-2-4-11(15)13(17)12(9)16/h1-6H. The molecule has 92 valence electrons. The summed E-state index contributed by atoms with van der Waals surface area (Å²) in [6.07, 6.45) is 0.261. The summed E-state index contributed by atoms with van der Waals surface area (Å²) in [5.41, 5.74) is -0.427. The van der Waals surface area contributed by atoms with Gasteiger partial charge in [0.15, 0.2) is 23.7 Å². The van der Waals surface area contributed by atoms with Gasteiger partial charge in [-0.05, 0) is 29.8 Å². The van der Waals surface area contributed by atoms with Crippen LogP contribution in [0.1, 0.15) is 10.4 Å². The Balaban J connectivity index is 2.62. The van der Waals surface area contributed by atoms with Crippen molar-refractivity contribution in [3.8, 4) is 11.1 Å². The monoisotopic (exact) mass is 254 g/mol. The van der Waals surface area contributed by atoms with Crippen LogP contribution in [-0.2, 0) is 0 Å². The third-order valence-corrected chi connectivity index (χ3v) is 2.47. The van der Waals surface area contributed by atoms with Crippen molar-refractivity contribution in [3.05, 3.63) is 59.2 Å². The van der Waals surface area contributed by atoms with Gasteiger partial charge in [0.1, 0.15) is 5.82 Å². The quantitative estimate of drug-likeness (QED) is 0.453. The lowest BCUT2D eigenvalue weighted by Gasteiger charge is -2.06. The minimum absolute atomic E-state index is 0.0925. The minimum Gasteiger partial charge on any atom is -0.298 e. The summed E-state index contributed by atoms with van der Waals surface area (Å²) < 4.78 is 52.4. The Morgan fingerprint density at radius 2 is 1.50 bits per heavy atom. The molecule has 0 atom stereocenters. The van der Waals surface area contributed by atoms with Crippen LogP contribution in [0.2, 0.25) is 0 Å². The Kier molecular flexibility index (Phi) is 3.14. The second-order valence-electron chi connectivity index (χ2n) is 3.58. The third-order valence-electron chi connectivity index (χ3n) is 2.47. The van der Waals surface area contributed by atoms with E-state index in [-0.39, 0.29) is 23.0 Å². The Labute approximate surface area is 99.7 Å². The van der Waals surface area contributed by atoms with Crippen molar-refractivity contribution < 1.29 is 22.4 Å². The van der Waals surface area contributed by atoms with E-state index in [0.717, 1.165) is 24.3 Å². The molecular formula is C13H6F4O. The van der Waals surface area contributed by atoms with Crippen LogP contribution in [0.5, 0.6) is 0 Å². The van der Waals surface area contributed by atoms with Gasteiger partial charge in [-0.2, -0.15) is 0 Å². The molecule has 0 spiro atoms. The summed E-state index contributed by atoms with van der Waals surface area (Å²) in [6.45, 7) is 0. The van der Waals surface area contributed by atoms with Gasteiger partial charge < -0.3 is 0 Å². The van der Waals surface area contributed by atoms with Crippen molar-refractivity contribution in [2.24, 2.45) is 0 Å². The highest BCUT2D eigenvalue weighted by atomic mass is 19.2. The first kappa shape index (κ1) is 12.3. The molecule has 2 aromatic rings. The van der Waals surface area contributed by atoms with Crippen LogP contribution < -0.4 is 0 Å². The maximum atomic E-state index is 13.5. The van der Waals surface area contributed by atoms with Gasteiger partial charge in [-0.3, -0.25) is 4.79 Å². The maximum Gasteiger partial charge on any atom is 0.195 e. The summed E-state index contributed by atoms with van der Waals surface area (Å²) in [7, 11) is 0. The summed E-state index contributed by atoms with van der Waals surface area (Å²) in [5.74, 6) is -5.06. The third kappa shape index (κ3) is 1.99. The van der Waals surface area contributed by atoms with Crippen LogP contribution in [0.4, 0.5) is 17.6 Å². The molecule has 0 heterocycles. The van der Waals surface area contributed by atoms with Crippen LogP contribution in [-0.4, -0.2) is 6.29 Å². The van der Waals surface area contributed by atoms with E-state index >= 15 is 0 Å². The van der Waals surface area contributed by atoms with Crippen LogP contribution in [0.25, 0.3) is 11.1 Å². The molecular weight excluding hydrogens is 248 g/mol. The molecule has 1 nitrogen and oxygen atoms in total. The Bertz CT molecular complexity index is 623. The number of aldehydes is 1. The zero-order valence-corrected chi connectivity index (χ0v) is 8.88. The first-order valence-electron chi connectivity index (χ1n) is 4.93. The van der Waals surface area contributed by atoms with Gasteiger partial charge in [0.05, 0.1) is 5.56 Å². The first-order chi connectivity index (χ1) is 8.54. The van der Waals surface area contributed by atoms with Crippen molar-refractivity contribution in [3.63, 3.8) is 0 Å². The number of rotatable bonds is 2. The number of benzene rings is 2. The second kappa shape index (κ2) is 4.60. The summed E-state index contributed by atoms with van der Waals surface area (Å²) in [6, 6.07) is 4.99. The topological polar surface area (TPSA) is 17.1 Å². The van der Waals surface area contributed by atoms with Gasteiger partial charge in [0.25, 0.3) is 0 Å². The molecule has 0 aliphatic heterocycles. The lowest BCUT2D eigenvalue weighted by Crippen LogP contribution is -1.95. The molecule has 2 aromatic carbocycles. The van der Waals surface area contributed by atoms with Crippen molar-refractivity contribution >= 4 is 6.29 Å². The highest BCUT2D eigenvalue weighted by Gasteiger charge is 2.15. The summed E-state index contributed by atoms with van der Waals surface area (Å²) >= 11 is 0. The molecule has 0 saturated carbocycles. The predicted molar refractivity (Wildman–Crippen MR) is 57.1 cm³/mol. The van der Waals surface area contributed by atoms with Gasteiger partial charge in [-0.1, -0.05) is 6.07 Å². The van der Waals surface area contributed by atoms with Gasteiger partial charge >= 0.3 is 0 Å². The van der Waals surface area contributed by atoms with Gasteiger partial charge in [0.2, 0.25) is 0 Å². The molecule has 0 aromatic heterocycles. The SMILES string of the molecule is O=Cc1cc(-c2ccc(F)c(F)c2F)ccc1F. The molecule has 18 heavy (non-hydrogen) atoms. The Morgan fingerprint density at radius 1 is 0.833 bits per heavy atom. The van der Waals surface area contributed by atoms with E-state index in [1.807, 2.05) is 0 Å². The fourth-order valence-electron chi connectivity index (χ4n) is 1.55. The molecule has 0 bridgehead atoms. The molecule has 0 unspecified atom stereocenters. The number of hydrogen-bond donors (Lipinski definition) is 0. The van der Waals surface area contributed by atoms with Crippen LogP contribution in [0.3, 0.4) is 0 Å². The second-order valence-corrected chi connectivity index (χ2v) is 3.58. The molecule has 0 N–H and O–H groups in total. The van der Waals surface area contributed by atoms with E-state index in [2.05, 4.69) is 0 Å². The Hall–Kier alpha value is -2.17. The van der Waals surface area contributed by atoms with Crippen LogP contribution in [0, 0.1) is 23.3 Å². The highest BCUT2D eigenvalue weighted by Crippen LogP contribution is 2.27. The average molecular weight is 254 g/mol. The molecule has 0 saturated heterocycles. The first-order valence-corrected chi connectivity index (χ1v) is 4.93. The van der Waals surface area contributed by atoms with Gasteiger partial charge in [0, 0.05) is 5.56 Å². The lowest BCUT2D eigenvalue weighted by atomic mass is 10.0. The molecule has 2 rings (SSSR count). The minimum atomic E-state index is -1.61. The van der Waals surface area contributed by atoms with Crippen molar-refractivity contribution in [1.82, 2.24) is 0 Å². The predicted octanol–water partition coefficient (Wildman–Crippen LogP) is 3.72. The van der Waals surface area contributed by atoms with Crippen LogP contribution in [0.15, 0.2) is 30.3 Å². The fraction of sp³-hybridized carbons (Fsp3) is 0. The van der Waals surface area contributed by atoms with E-state index < -0.39 is 23.3 Å². The number of carbonyl (C=O) groups excluding carboxylic acids is 1. The highest BCUT2D eigenvalue weighted by molar-refractivity contribution is 5.79. The summed E-state index contributed by atoms with van der Waals surface area (Å²) in [5, 5.41) is 0. The molecule has 0 aliphatic rings. The van der Waals surface area contributed by atoms with Gasteiger partial charge in [-0.25, -0.2) is 17.6 Å². The molecule has 0 amide bonds. The van der Waals surface area contributed by atoms with Crippen molar-refractivity contribution in [2.75, 3.05) is 0 Å². The van der Waals surface area contributed by atoms with Crippen LogP contribution >= 0.6 is 0 Å². The average Bonchev–Trinajstić information content (AvgIpc) is 2.37. The molecule has 0 aliphatic carbocycles. The van der Waals surface area contributed by atoms with Crippen molar-refractivity contribution in [1.29, 1.82) is 0 Å². The normalized spacial score (nSPS) is 10.4. The molecule has 5 heteroatoms. The Morgan fingerprint density at radius 3 is 2.17 bits per heavy atom. The van der Waals surface area contributed by atoms with E-state index in [0.29, 0.717) is 0 Å². The van der Waals surface area contributed by atoms with Gasteiger partial charge in [-0.15, -0.1) is 0 Å². The fourth-order valence-corrected chi connectivity index (χ4v) is 1.55. The van der Waals surface area contributed by atoms with E-state index in [9.17, 15) is 22.4 Å². The smallest absolute Gasteiger partial charge is 0.195 e. The maximum absolute atomic E-state index is 13.5. The summed E-state index contributed by atoms with van der Waals surface area (Å²) in [4.78, 5) is 10.5. The van der Waals surface area contributed by atoms with Crippen molar-refractivity contribution in [2.45, 2.75) is 0 Å². The largest absolute Gasteiger partial charge is 0.298 e. The van der Waals surface area contributed by atoms with E-state index in [4.69, 9.17) is 0 Å². The zero-order valence-electron chi connectivity index (χ0n) is 8.88. The van der Waals surface area contributed by atoms with E-state index in [1.54, 1.807) is 0 Å². The number of halogens is 4. The van der Waals surface area contributed by atoms with E-state index in [1.165, 1.54) is 6.07 Å².